The van der Waals surface area contributed by atoms with Crippen LogP contribution in [-0.2, 0) is 11.3 Å². The minimum absolute atomic E-state index is 0.196. The number of aliphatic imine (C=N–C) groups is 1. The summed E-state index contributed by atoms with van der Waals surface area (Å²) in [5.41, 5.74) is 2.32. The van der Waals surface area contributed by atoms with Crippen LogP contribution in [0.2, 0.25) is 0 Å². The van der Waals surface area contributed by atoms with E-state index in [1.54, 1.807) is 6.08 Å². The van der Waals surface area contributed by atoms with Crippen LogP contribution >= 0.6 is 27.7 Å². The lowest BCUT2D eigenvalue weighted by molar-refractivity contribution is -0.113. The van der Waals surface area contributed by atoms with Crippen molar-refractivity contribution in [3.63, 3.8) is 0 Å². The number of rotatable bonds is 4. The summed E-state index contributed by atoms with van der Waals surface area (Å²) in [6.07, 6.45) is 1.79. The van der Waals surface area contributed by atoms with Crippen molar-refractivity contribution >= 4 is 44.8 Å². The number of benzene rings is 2. The zero-order valence-corrected chi connectivity index (χ0v) is 19.8. The summed E-state index contributed by atoms with van der Waals surface area (Å²) in [6, 6.07) is 22.3. The van der Waals surface area contributed by atoms with Crippen LogP contribution < -0.4 is 0 Å². The summed E-state index contributed by atoms with van der Waals surface area (Å²) < 4.78 is 6.96. The van der Waals surface area contributed by atoms with Crippen LogP contribution in [0.25, 0.3) is 17.4 Å². The zero-order chi connectivity index (χ0) is 21.9. The van der Waals surface area contributed by atoms with Gasteiger partial charge in [0.15, 0.2) is 5.17 Å². The Balaban J connectivity index is 1.20. The molecule has 2 aliphatic rings. The predicted molar refractivity (Wildman–Crippen MR) is 133 cm³/mol. The van der Waals surface area contributed by atoms with Crippen molar-refractivity contribution in [1.82, 2.24) is 9.80 Å². The average molecular weight is 508 g/mol. The van der Waals surface area contributed by atoms with E-state index < -0.39 is 0 Å². The van der Waals surface area contributed by atoms with E-state index in [-0.39, 0.29) is 5.91 Å². The molecular weight excluding hydrogens is 486 g/mol. The van der Waals surface area contributed by atoms with Crippen LogP contribution in [0.1, 0.15) is 11.3 Å². The SMILES string of the molecule is O=C1N=C(N2CCN(Cc3ccccc3)CC2)S/C1=C\c1ccc(-c2ccc(Br)cc2)o1. The van der Waals surface area contributed by atoms with E-state index in [9.17, 15) is 4.79 Å². The predicted octanol–water partition coefficient (Wildman–Crippen LogP) is 5.50. The van der Waals surface area contributed by atoms with Crippen LogP contribution in [0.5, 0.6) is 0 Å². The Morgan fingerprint density at radius 2 is 1.72 bits per heavy atom. The standard InChI is InChI=1S/C25H22BrN3O2S/c26-20-8-6-19(7-9-20)22-11-10-21(31-22)16-23-24(30)27-25(32-23)29-14-12-28(13-15-29)17-18-4-2-1-3-5-18/h1-11,16H,12-15,17H2/b23-16-. The molecule has 1 amide bonds. The molecule has 3 heterocycles. The number of carbonyl (C=O) groups is 1. The number of hydrogen-bond donors (Lipinski definition) is 0. The van der Waals surface area contributed by atoms with Crippen LogP contribution in [0.3, 0.4) is 0 Å². The maximum Gasteiger partial charge on any atom is 0.286 e. The third-order valence-electron chi connectivity index (χ3n) is 5.53. The monoisotopic (exact) mass is 507 g/mol. The third-order valence-corrected chi connectivity index (χ3v) is 7.10. The number of amides is 1. The van der Waals surface area contributed by atoms with Gasteiger partial charge in [-0.05, 0) is 41.6 Å². The molecule has 2 aromatic carbocycles. The van der Waals surface area contributed by atoms with Gasteiger partial charge in [0.05, 0.1) is 4.91 Å². The van der Waals surface area contributed by atoms with Gasteiger partial charge in [0.1, 0.15) is 11.5 Å². The van der Waals surface area contributed by atoms with Crippen molar-refractivity contribution in [2.75, 3.05) is 26.2 Å². The number of carbonyl (C=O) groups excluding carboxylic acids is 1. The summed E-state index contributed by atoms with van der Waals surface area (Å²) >= 11 is 4.88. The Morgan fingerprint density at radius 3 is 2.47 bits per heavy atom. The molecule has 0 atom stereocenters. The van der Waals surface area contributed by atoms with E-state index in [0.717, 1.165) is 53.7 Å². The van der Waals surface area contributed by atoms with Gasteiger partial charge in [-0.3, -0.25) is 9.69 Å². The normalized spacial score (nSPS) is 18.4. The minimum atomic E-state index is -0.196. The topological polar surface area (TPSA) is 49.1 Å². The molecule has 1 saturated heterocycles. The highest BCUT2D eigenvalue weighted by molar-refractivity contribution is 9.10. The maximum absolute atomic E-state index is 12.5. The van der Waals surface area contributed by atoms with Gasteiger partial charge in [0.2, 0.25) is 0 Å². The van der Waals surface area contributed by atoms with Gasteiger partial charge >= 0.3 is 0 Å². The fourth-order valence-electron chi connectivity index (χ4n) is 3.80. The Labute approximate surface area is 199 Å². The fourth-order valence-corrected chi connectivity index (χ4v) is 5.01. The Hall–Kier alpha value is -2.61. The van der Waals surface area contributed by atoms with Crippen molar-refractivity contribution in [2.45, 2.75) is 6.54 Å². The maximum atomic E-state index is 12.5. The molecule has 5 nitrogen and oxygen atoms in total. The highest BCUT2D eigenvalue weighted by Crippen LogP contribution is 2.32. The molecule has 2 aliphatic heterocycles. The molecule has 0 spiro atoms. The lowest BCUT2D eigenvalue weighted by Gasteiger charge is -2.35. The average Bonchev–Trinajstić information content (AvgIpc) is 3.43. The van der Waals surface area contributed by atoms with Gasteiger partial charge < -0.3 is 9.32 Å². The van der Waals surface area contributed by atoms with Gasteiger partial charge in [0, 0.05) is 48.8 Å². The quantitative estimate of drug-likeness (QED) is 0.436. The summed E-state index contributed by atoms with van der Waals surface area (Å²) in [5.74, 6) is 1.23. The molecule has 0 saturated carbocycles. The number of piperazine rings is 1. The zero-order valence-electron chi connectivity index (χ0n) is 17.4. The summed E-state index contributed by atoms with van der Waals surface area (Å²) in [4.78, 5) is 22.0. The van der Waals surface area contributed by atoms with Crippen molar-refractivity contribution in [1.29, 1.82) is 0 Å². The molecule has 0 N–H and O–H groups in total. The lowest BCUT2D eigenvalue weighted by atomic mass is 10.2. The number of halogens is 1. The summed E-state index contributed by atoms with van der Waals surface area (Å²) in [6.45, 7) is 4.60. The number of nitrogens with zero attached hydrogens (tertiary/aromatic N) is 3. The van der Waals surface area contributed by atoms with E-state index >= 15 is 0 Å². The summed E-state index contributed by atoms with van der Waals surface area (Å²) in [5, 5.41) is 0.792. The van der Waals surface area contributed by atoms with Crippen LogP contribution in [0.15, 0.2) is 85.5 Å². The third kappa shape index (κ3) is 4.90. The van der Waals surface area contributed by atoms with Crippen LogP contribution in [-0.4, -0.2) is 47.1 Å². The number of hydrogen-bond acceptors (Lipinski definition) is 5. The molecule has 5 rings (SSSR count). The van der Waals surface area contributed by atoms with E-state index in [1.807, 2.05) is 42.5 Å². The van der Waals surface area contributed by atoms with E-state index in [0.29, 0.717) is 10.7 Å². The highest BCUT2D eigenvalue weighted by Gasteiger charge is 2.28. The van der Waals surface area contributed by atoms with Crippen molar-refractivity contribution in [3.8, 4) is 11.3 Å². The molecule has 1 aromatic heterocycles. The first kappa shape index (κ1) is 21.2. The number of furan rings is 1. The number of thioether (sulfide) groups is 1. The fraction of sp³-hybridized carbons (Fsp3) is 0.200. The van der Waals surface area contributed by atoms with Gasteiger partial charge in [-0.25, -0.2) is 0 Å². The smallest absolute Gasteiger partial charge is 0.286 e. The molecule has 7 heteroatoms. The van der Waals surface area contributed by atoms with Crippen molar-refractivity contribution in [2.24, 2.45) is 4.99 Å². The first-order valence-electron chi connectivity index (χ1n) is 10.5. The van der Waals surface area contributed by atoms with Gasteiger partial charge in [-0.2, -0.15) is 4.99 Å². The van der Waals surface area contributed by atoms with E-state index in [2.05, 4.69) is 55.0 Å². The first-order chi connectivity index (χ1) is 15.6. The molecule has 32 heavy (non-hydrogen) atoms. The second kappa shape index (κ2) is 9.48. The molecular formula is C25H22BrN3O2S. The van der Waals surface area contributed by atoms with Crippen molar-refractivity contribution in [3.05, 3.63) is 87.4 Å². The lowest BCUT2D eigenvalue weighted by Crippen LogP contribution is -2.47. The Bertz CT molecular complexity index is 1160. The molecule has 162 valence electrons. The van der Waals surface area contributed by atoms with Crippen LogP contribution in [0.4, 0.5) is 0 Å². The number of amidine groups is 1. The highest BCUT2D eigenvalue weighted by atomic mass is 79.9. The largest absolute Gasteiger partial charge is 0.457 e. The van der Waals surface area contributed by atoms with Gasteiger partial charge in [0.25, 0.3) is 5.91 Å². The van der Waals surface area contributed by atoms with Crippen molar-refractivity contribution < 1.29 is 9.21 Å². The second-order valence-corrected chi connectivity index (χ2v) is 9.69. The van der Waals surface area contributed by atoms with Crippen LogP contribution in [0, 0.1) is 0 Å². The molecule has 0 radical (unpaired) electrons. The molecule has 0 bridgehead atoms. The summed E-state index contributed by atoms with van der Waals surface area (Å²) in [7, 11) is 0. The molecule has 3 aromatic rings. The van der Waals surface area contributed by atoms with Gasteiger partial charge in [-0.1, -0.05) is 58.4 Å². The van der Waals surface area contributed by atoms with Gasteiger partial charge in [-0.15, -0.1) is 0 Å². The molecule has 0 aliphatic carbocycles. The second-order valence-electron chi connectivity index (χ2n) is 7.77. The molecule has 1 fully saturated rings. The Kier molecular flexibility index (Phi) is 6.30. The van der Waals surface area contributed by atoms with E-state index in [4.69, 9.17) is 4.42 Å². The first-order valence-corrected chi connectivity index (χ1v) is 12.1. The van der Waals surface area contributed by atoms with E-state index in [1.165, 1.54) is 17.3 Å². The molecule has 0 unspecified atom stereocenters. The minimum Gasteiger partial charge on any atom is -0.457 e. The Morgan fingerprint density at radius 1 is 0.969 bits per heavy atom.